The van der Waals surface area contributed by atoms with Gasteiger partial charge in [-0.3, -0.25) is 9.59 Å². The monoisotopic (exact) mass is 422 g/mol. The number of carbonyl (C=O) groups excluding carboxylic acids is 2. The third-order valence-corrected chi connectivity index (χ3v) is 5.68. The molecular formula is C24H26N2O5. The number of ketones is 1. The highest BCUT2D eigenvalue weighted by atomic mass is 16.5. The fourth-order valence-electron chi connectivity index (χ4n) is 4.18. The molecule has 2 aliphatic rings. The van der Waals surface area contributed by atoms with Gasteiger partial charge in [-0.05, 0) is 62.5 Å². The van der Waals surface area contributed by atoms with Gasteiger partial charge >= 0.3 is 0 Å². The topological polar surface area (TPSA) is 90.3 Å². The van der Waals surface area contributed by atoms with Gasteiger partial charge in [-0.15, -0.1) is 0 Å². The molecule has 0 radical (unpaired) electrons. The van der Waals surface area contributed by atoms with Crippen molar-refractivity contribution in [3.63, 3.8) is 0 Å². The van der Waals surface area contributed by atoms with Gasteiger partial charge in [0.1, 0.15) is 23.4 Å². The van der Waals surface area contributed by atoms with E-state index >= 15 is 0 Å². The van der Waals surface area contributed by atoms with Crippen LogP contribution in [0.4, 0.5) is 0 Å². The summed E-state index contributed by atoms with van der Waals surface area (Å²) in [5.41, 5.74) is 2.01. The van der Waals surface area contributed by atoms with E-state index < -0.39 is 17.7 Å². The number of carbonyl (C=O) groups is 2. The number of aliphatic hydroxyl groups excluding tert-OH is 1. The van der Waals surface area contributed by atoms with E-state index in [0.717, 1.165) is 11.3 Å². The lowest BCUT2D eigenvalue weighted by Gasteiger charge is -2.26. The molecule has 162 valence electrons. The minimum absolute atomic E-state index is 0.0272. The van der Waals surface area contributed by atoms with Crippen LogP contribution in [0.25, 0.3) is 5.76 Å². The minimum atomic E-state index is -0.782. The quantitative estimate of drug-likeness (QED) is 0.438. The zero-order valence-electron chi connectivity index (χ0n) is 17.8. The summed E-state index contributed by atoms with van der Waals surface area (Å²) >= 11 is 0. The Morgan fingerprint density at radius 2 is 1.97 bits per heavy atom. The highest BCUT2D eigenvalue weighted by molar-refractivity contribution is 6.46. The van der Waals surface area contributed by atoms with Crippen molar-refractivity contribution >= 4 is 17.4 Å². The maximum Gasteiger partial charge on any atom is 0.295 e. The van der Waals surface area contributed by atoms with Gasteiger partial charge in [-0.2, -0.15) is 0 Å². The lowest BCUT2D eigenvalue weighted by molar-refractivity contribution is -0.140. The number of aromatic hydroxyl groups is 1. The maximum absolute atomic E-state index is 13.0. The highest BCUT2D eigenvalue weighted by Crippen LogP contribution is 2.41. The fraction of sp³-hybridized carbons (Fsp3) is 0.333. The second-order valence-electron chi connectivity index (χ2n) is 8.35. The number of hydrogen-bond donors (Lipinski definition) is 2. The van der Waals surface area contributed by atoms with Gasteiger partial charge in [0.2, 0.25) is 0 Å². The molecule has 0 unspecified atom stereocenters. The second kappa shape index (κ2) is 8.07. The summed E-state index contributed by atoms with van der Waals surface area (Å²) < 4.78 is 5.72. The molecule has 2 aromatic carbocycles. The zero-order valence-corrected chi connectivity index (χ0v) is 17.8. The van der Waals surface area contributed by atoms with E-state index in [9.17, 15) is 19.8 Å². The Balaban J connectivity index is 1.82. The lowest BCUT2D eigenvalue weighted by Crippen LogP contribution is -2.35. The third kappa shape index (κ3) is 3.88. The van der Waals surface area contributed by atoms with Crippen molar-refractivity contribution < 1.29 is 24.5 Å². The van der Waals surface area contributed by atoms with Crippen LogP contribution in [0.3, 0.4) is 0 Å². The highest BCUT2D eigenvalue weighted by Gasteiger charge is 2.46. The van der Waals surface area contributed by atoms with Crippen molar-refractivity contribution in [2.75, 3.05) is 27.2 Å². The van der Waals surface area contributed by atoms with Crippen LogP contribution in [0.1, 0.15) is 29.7 Å². The largest absolute Gasteiger partial charge is 0.508 e. The number of aliphatic hydroxyl groups is 1. The van der Waals surface area contributed by atoms with Crippen molar-refractivity contribution in [3.05, 3.63) is 64.7 Å². The van der Waals surface area contributed by atoms with E-state index in [4.69, 9.17) is 4.74 Å². The summed E-state index contributed by atoms with van der Waals surface area (Å²) in [6.45, 7) is 2.83. The molecule has 2 aromatic rings. The van der Waals surface area contributed by atoms with Crippen LogP contribution in [0.5, 0.6) is 11.5 Å². The van der Waals surface area contributed by atoms with Crippen LogP contribution in [0, 0.1) is 0 Å². The molecule has 2 N–H and O–H groups in total. The molecule has 7 heteroatoms. The number of ether oxygens (including phenoxy) is 1. The van der Waals surface area contributed by atoms with Crippen molar-refractivity contribution in [2.24, 2.45) is 0 Å². The number of phenolic OH excluding ortho intramolecular Hbond substituents is 1. The third-order valence-electron chi connectivity index (χ3n) is 5.68. The number of benzene rings is 2. The predicted molar refractivity (Wildman–Crippen MR) is 116 cm³/mol. The normalized spacial score (nSPS) is 22.1. The molecule has 0 aliphatic carbocycles. The van der Waals surface area contributed by atoms with E-state index in [1.165, 1.54) is 17.0 Å². The number of Topliss-reactive ketones (excluding diaryl/α,β-unsaturated/α-hetero) is 1. The minimum Gasteiger partial charge on any atom is -0.508 e. The molecule has 0 aromatic heterocycles. The van der Waals surface area contributed by atoms with Crippen molar-refractivity contribution in [1.29, 1.82) is 0 Å². The number of nitrogens with zero attached hydrogens (tertiary/aromatic N) is 2. The van der Waals surface area contributed by atoms with Crippen LogP contribution in [0.2, 0.25) is 0 Å². The van der Waals surface area contributed by atoms with Gasteiger partial charge in [0, 0.05) is 25.1 Å². The van der Waals surface area contributed by atoms with E-state index in [1.807, 2.05) is 25.9 Å². The van der Waals surface area contributed by atoms with Gasteiger partial charge in [-0.25, -0.2) is 0 Å². The Labute approximate surface area is 181 Å². The standard InChI is InChI=1S/C24H26N2O5/c1-14-11-17-12-16(7-8-19(17)31-14)22(28)20-21(15-5-4-6-18(27)13-15)26(10-9-25(2)3)24(30)23(20)29/h4-8,12-14,21,27-28H,9-11H2,1-3H3/t14-,21+/m0/s1. The first-order valence-electron chi connectivity index (χ1n) is 10.3. The SMILES string of the molecule is C[C@H]1Cc2cc(C(O)=C3C(=O)C(=O)N(CCN(C)C)[C@@H]3c3cccc(O)c3)ccc2O1. The lowest BCUT2D eigenvalue weighted by atomic mass is 9.94. The number of amides is 1. The summed E-state index contributed by atoms with van der Waals surface area (Å²) in [6, 6.07) is 10.9. The summed E-state index contributed by atoms with van der Waals surface area (Å²) in [6.07, 6.45) is 0.764. The first-order valence-corrected chi connectivity index (χ1v) is 10.3. The Bertz CT molecular complexity index is 1080. The van der Waals surface area contributed by atoms with Gasteiger partial charge in [0.15, 0.2) is 0 Å². The van der Waals surface area contributed by atoms with Crippen LogP contribution in [0.15, 0.2) is 48.0 Å². The van der Waals surface area contributed by atoms with E-state index in [1.54, 1.807) is 30.3 Å². The molecule has 2 heterocycles. The molecule has 0 bridgehead atoms. The number of likely N-dealkylation sites (tertiary alicyclic amines) is 1. The van der Waals surface area contributed by atoms with Gasteiger partial charge in [0.05, 0.1) is 11.6 Å². The fourth-order valence-corrected chi connectivity index (χ4v) is 4.18. The van der Waals surface area contributed by atoms with Crippen molar-refractivity contribution in [2.45, 2.75) is 25.5 Å². The Morgan fingerprint density at radius 1 is 1.19 bits per heavy atom. The molecule has 1 saturated heterocycles. The zero-order chi connectivity index (χ0) is 22.3. The first-order chi connectivity index (χ1) is 14.8. The van der Waals surface area contributed by atoms with E-state index in [0.29, 0.717) is 30.6 Å². The van der Waals surface area contributed by atoms with Crippen molar-refractivity contribution in [3.8, 4) is 11.5 Å². The molecule has 2 atom stereocenters. The Kier molecular flexibility index (Phi) is 5.45. The number of rotatable bonds is 5. The predicted octanol–water partition coefficient (Wildman–Crippen LogP) is 2.70. The van der Waals surface area contributed by atoms with Crippen molar-refractivity contribution in [1.82, 2.24) is 9.80 Å². The van der Waals surface area contributed by atoms with Gasteiger partial charge in [0.25, 0.3) is 11.7 Å². The van der Waals surface area contributed by atoms with E-state index in [2.05, 4.69) is 0 Å². The molecule has 2 aliphatic heterocycles. The molecule has 0 spiro atoms. The van der Waals surface area contributed by atoms with Crippen LogP contribution in [-0.4, -0.2) is 65.0 Å². The van der Waals surface area contributed by atoms with Crippen LogP contribution < -0.4 is 4.74 Å². The average molecular weight is 422 g/mol. The van der Waals surface area contributed by atoms with Crippen LogP contribution >= 0.6 is 0 Å². The van der Waals surface area contributed by atoms with Gasteiger partial charge < -0.3 is 24.7 Å². The first kappa shape index (κ1) is 20.9. The molecule has 1 fully saturated rings. The summed E-state index contributed by atoms with van der Waals surface area (Å²) in [5.74, 6) is -0.814. The average Bonchev–Trinajstić information content (AvgIpc) is 3.22. The smallest absolute Gasteiger partial charge is 0.295 e. The number of likely N-dealkylation sites (N-methyl/N-ethyl adjacent to an activating group) is 1. The Hall–Kier alpha value is -3.32. The maximum atomic E-state index is 13.0. The molecule has 0 saturated carbocycles. The van der Waals surface area contributed by atoms with Gasteiger partial charge in [-0.1, -0.05) is 12.1 Å². The summed E-state index contributed by atoms with van der Waals surface area (Å²) in [5, 5.41) is 21.2. The number of fused-ring (bicyclic) bond motifs is 1. The Morgan fingerprint density at radius 3 is 2.68 bits per heavy atom. The second-order valence-corrected chi connectivity index (χ2v) is 8.35. The molecule has 4 rings (SSSR count). The molecule has 7 nitrogen and oxygen atoms in total. The number of phenols is 1. The summed E-state index contributed by atoms with van der Waals surface area (Å²) in [7, 11) is 3.76. The number of hydrogen-bond acceptors (Lipinski definition) is 6. The molecule has 31 heavy (non-hydrogen) atoms. The summed E-state index contributed by atoms with van der Waals surface area (Å²) in [4.78, 5) is 29.3. The molecular weight excluding hydrogens is 396 g/mol. The molecule has 1 amide bonds. The van der Waals surface area contributed by atoms with Crippen LogP contribution in [-0.2, 0) is 16.0 Å². The van der Waals surface area contributed by atoms with E-state index in [-0.39, 0.29) is 23.2 Å².